The molecule has 4 unspecified atom stereocenters. The largest absolute Gasteiger partial charge is 0.394 e. The van der Waals surface area contributed by atoms with Gasteiger partial charge in [0.05, 0.1) is 33.7 Å². The van der Waals surface area contributed by atoms with Crippen molar-refractivity contribution in [1.82, 2.24) is 19.9 Å². The van der Waals surface area contributed by atoms with E-state index in [2.05, 4.69) is 25.3 Å². The van der Waals surface area contributed by atoms with E-state index in [1.807, 2.05) is 4.90 Å². The van der Waals surface area contributed by atoms with Crippen LogP contribution in [0.25, 0.3) is 0 Å². The van der Waals surface area contributed by atoms with Crippen LogP contribution in [0.1, 0.15) is 49.5 Å². The molecule has 0 amide bonds. The number of hydrogen-bond donors (Lipinski definition) is 2. The van der Waals surface area contributed by atoms with Gasteiger partial charge in [-0.25, -0.2) is 15.0 Å². The number of alkyl halides is 2. The van der Waals surface area contributed by atoms with Crippen molar-refractivity contribution in [2.24, 2.45) is 5.92 Å². The molecular formula is C21H23ClF2N6O2S. The Labute approximate surface area is 196 Å². The predicted octanol–water partition coefficient (Wildman–Crippen LogP) is 2.84. The van der Waals surface area contributed by atoms with Crippen molar-refractivity contribution in [3.63, 3.8) is 0 Å². The second-order valence-electron chi connectivity index (χ2n) is 9.56. The van der Waals surface area contributed by atoms with Crippen LogP contribution in [0.15, 0.2) is 17.3 Å². The summed E-state index contributed by atoms with van der Waals surface area (Å²) in [6, 6.07) is 0.0844. The molecule has 4 aliphatic rings. The lowest BCUT2D eigenvalue weighted by Gasteiger charge is -2.42. The monoisotopic (exact) mass is 496 g/mol. The summed E-state index contributed by atoms with van der Waals surface area (Å²) in [6.45, 7) is 0.473. The van der Waals surface area contributed by atoms with Crippen LogP contribution in [0.5, 0.6) is 0 Å². The highest BCUT2D eigenvalue weighted by molar-refractivity contribution is 7.85. The van der Waals surface area contributed by atoms with Gasteiger partial charge in [-0.2, -0.15) is 13.8 Å². The molecule has 2 aromatic heterocycles. The summed E-state index contributed by atoms with van der Waals surface area (Å²) >= 11 is 5.91. The number of aliphatic hydroxyl groups is 1. The average Bonchev–Trinajstić information content (AvgIpc) is 3.42. The van der Waals surface area contributed by atoms with Crippen molar-refractivity contribution in [3.05, 3.63) is 28.9 Å². The van der Waals surface area contributed by atoms with Gasteiger partial charge in [-0.3, -0.25) is 4.21 Å². The van der Waals surface area contributed by atoms with Gasteiger partial charge < -0.3 is 15.3 Å². The van der Waals surface area contributed by atoms with Gasteiger partial charge in [-0.05, 0) is 38.0 Å². The van der Waals surface area contributed by atoms with Crippen LogP contribution in [0.2, 0.25) is 5.02 Å². The highest BCUT2D eigenvalue weighted by Gasteiger charge is 2.52. The minimum Gasteiger partial charge on any atom is -0.394 e. The van der Waals surface area contributed by atoms with Gasteiger partial charge in [-0.15, -0.1) is 0 Å². The van der Waals surface area contributed by atoms with E-state index in [1.165, 1.54) is 0 Å². The van der Waals surface area contributed by atoms with Crippen molar-refractivity contribution in [1.29, 1.82) is 0 Å². The Morgan fingerprint density at radius 1 is 1.24 bits per heavy atom. The number of aliphatic hydroxyl groups excluding tert-OH is 1. The second-order valence-corrected chi connectivity index (χ2v) is 11.4. The van der Waals surface area contributed by atoms with Crippen molar-refractivity contribution >= 4 is 34.2 Å². The maximum absolute atomic E-state index is 14.7. The molecule has 12 heteroatoms. The summed E-state index contributed by atoms with van der Waals surface area (Å²) in [5, 5.41) is 13.5. The predicted molar refractivity (Wildman–Crippen MR) is 118 cm³/mol. The maximum Gasteiger partial charge on any atom is 0.302 e. The van der Waals surface area contributed by atoms with Crippen LogP contribution in [0.4, 0.5) is 20.5 Å². The van der Waals surface area contributed by atoms with Crippen molar-refractivity contribution < 1.29 is 18.1 Å². The third-order valence-corrected chi connectivity index (χ3v) is 9.17. The summed E-state index contributed by atoms with van der Waals surface area (Å²) < 4.78 is 42.1. The lowest BCUT2D eigenvalue weighted by molar-refractivity contribution is 0.0191. The van der Waals surface area contributed by atoms with Crippen LogP contribution in [0.3, 0.4) is 0 Å². The SMILES string of the molecule is O=S1CC(F)(F)c2nc(N3CC4CC3CC4c3ncc(Cl)cn3)nc(NC3(CO)CCC3)c21. The summed E-state index contributed by atoms with van der Waals surface area (Å²) in [5.41, 5.74) is -1.07. The van der Waals surface area contributed by atoms with Crippen LogP contribution < -0.4 is 10.2 Å². The number of nitrogens with zero attached hydrogens (tertiary/aromatic N) is 5. The zero-order valence-electron chi connectivity index (χ0n) is 17.7. The first-order valence-electron chi connectivity index (χ1n) is 11.1. The fourth-order valence-corrected chi connectivity index (χ4v) is 7.06. The Morgan fingerprint density at radius 2 is 2.00 bits per heavy atom. The molecule has 0 aromatic carbocycles. The molecule has 2 saturated carbocycles. The van der Waals surface area contributed by atoms with Crippen molar-refractivity contribution in [3.8, 4) is 0 Å². The molecule has 33 heavy (non-hydrogen) atoms. The van der Waals surface area contributed by atoms with E-state index in [0.717, 1.165) is 25.1 Å². The Balaban J connectivity index is 1.33. The molecule has 3 fully saturated rings. The molecule has 0 radical (unpaired) electrons. The Morgan fingerprint density at radius 3 is 2.61 bits per heavy atom. The fourth-order valence-electron chi connectivity index (χ4n) is 5.63. The number of halogens is 3. The lowest BCUT2D eigenvalue weighted by atomic mass is 9.77. The fraction of sp³-hybridized carbons (Fsp3) is 0.619. The first-order valence-corrected chi connectivity index (χ1v) is 12.8. The third kappa shape index (κ3) is 3.42. The van der Waals surface area contributed by atoms with Gasteiger partial charge in [-0.1, -0.05) is 11.6 Å². The summed E-state index contributed by atoms with van der Waals surface area (Å²) in [5.74, 6) is -2.49. The first kappa shape index (κ1) is 21.5. The Hall–Kier alpha value is -1.98. The van der Waals surface area contributed by atoms with E-state index in [-0.39, 0.29) is 41.1 Å². The van der Waals surface area contributed by atoms with E-state index in [4.69, 9.17) is 11.6 Å². The quantitative estimate of drug-likeness (QED) is 0.651. The number of rotatable bonds is 5. The number of piperidine rings is 1. The smallest absolute Gasteiger partial charge is 0.302 e. The summed E-state index contributed by atoms with van der Waals surface area (Å²) in [6.07, 6.45) is 7.18. The molecule has 2 aliphatic carbocycles. The zero-order chi connectivity index (χ0) is 23.0. The minimum absolute atomic E-state index is 0.0275. The van der Waals surface area contributed by atoms with Crippen molar-refractivity contribution in [2.45, 2.75) is 60.4 Å². The lowest BCUT2D eigenvalue weighted by Crippen LogP contribution is -2.49. The van der Waals surface area contributed by atoms with E-state index in [1.54, 1.807) is 12.4 Å². The highest BCUT2D eigenvalue weighted by atomic mass is 35.5. The van der Waals surface area contributed by atoms with E-state index in [9.17, 15) is 18.1 Å². The van der Waals surface area contributed by atoms with Crippen LogP contribution >= 0.6 is 11.6 Å². The molecule has 2 N–H and O–H groups in total. The zero-order valence-corrected chi connectivity index (χ0v) is 19.2. The van der Waals surface area contributed by atoms with Crippen LogP contribution in [-0.4, -0.2) is 59.7 Å². The molecule has 6 rings (SSSR count). The third-order valence-electron chi connectivity index (χ3n) is 7.51. The molecule has 2 aliphatic heterocycles. The number of aromatic nitrogens is 4. The molecule has 176 valence electrons. The van der Waals surface area contributed by atoms with Gasteiger partial charge in [0.1, 0.15) is 22.2 Å². The molecule has 8 nitrogen and oxygen atoms in total. The molecule has 4 heterocycles. The van der Waals surface area contributed by atoms with Gasteiger partial charge in [0.15, 0.2) is 0 Å². The minimum atomic E-state index is -3.28. The molecule has 0 spiro atoms. The topological polar surface area (TPSA) is 104 Å². The molecule has 2 aromatic rings. The van der Waals surface area contributed by atoms with E-state index < -0.39 is 33.7 Å². The molecule has 1 saturated heterocycles. The molecule has 4 atom stereocenters. The number of hydrogen-bond acceptors (Lipinski definition) is 8. The Bertz CT molecular complexity index is 1130. The average molecular weight is 497 g/mol. The van der Waals surface area contributed by atoms with Gasteiger partial charge in [0, 0.05) is 30.9 Å². The maximum atomic E-state index is 14.7. The Kier molecular flexibility index (Phi) is 4.90. The second kappa shape index (κ2) is 7.51. The van der Waals surface area contributed by atoms with Crippen molar-refractivity contribution in [2.75, 3.05) is 29.1 Å². The van der Waals surface area contributed by atoms with Gasteiger partial charge >= 0.3 is 5.92 Å². The highest BCUT2D eigenvalue weighted by Crippen LogP contribution is 2.49. The van der Waals surface area contributed by atoms with Gasteiger partial charge in [0.25, 0.3) is 0 Å². The first-order chi connectivity index (χ1) is 15.8. The summed E-state index contributed by atoms with van der Waals surface area (Å²) in [4.78, 5) is 19.5. The standard InChI is InChI=1S/C21H23ClF2N6O2S/c22-12-6-25-17(26-7-12)14-5-13-4-11(14)8-30(13)19-27-16-15(33(32)10-21(16,23)24)18(28-19)29-20(9-31)2-1-3-20/h6-7,11,13-14,31H,1-5,8-10H2,(H,27,28,29). The van der Waals surface area contributed by atoms with Crippen LogP contribution in [0, 0.1) is 5.92 Å². The van der Waals surface area contributed by atoms with Gasteiger partial charge in [0.2, 0.25) is 5.95 Å². The van der Waals surface area contributed by atoms with E-state index >= 15 is 0 Å². The van der Waals surface area contributed by atoms with Crippen LogP contribution in [-0.2, 0) is 16.7 Å². The number of fused-ring (bicyclic) bond motifs is 3. The molecular weight excluding hydrogens is 474 g/mol. The molecule has 2 bridgehead atoms. The van der Waals surface area contributed by atoms with E-state index in [0.29, 0.717) is 24.4 Å². The number of nitrogens with one attached hydrogen (secondary N) is 1. The summed E-state index contributed by atoms with van der Waals surface area (Å²) in [7, 11) is -1.90. The number of anilines is 2. The normalized spacial score (nSPS) is 30.8.